The van der Waals surface area contributed by atoms with Crippen LogP contribution >= 0.6 is 0 Å². The molecule has 1 atom stereocenters. The molecule has 0 aliphatic carbocycles. The van der Waals surface area contributed by atoms with Gasteiger partial charge in [0.05, 0.1) is 12.2 Å². The smallest absolute Gasteiger partial charge is 0.241 e. The van der Waals surface area contributed by atoms with Crippen molar-refractivity contribution in [3.63, 3.8) is 0 Å². The minimum absolute atomic E-state index is 0.112. The van der Waals surface area contributed by atoms with Gasteiger partial charge in [-0.1, -0.05) is 18.2 Å². The second-order valence-corrected chi connectivity index (χ2v) is 9.29. The maximum Gasteiger partial charge on any atom is 0.241 e. The van der Waals surface area contributed by atoms with E-state index >= 15 is 0 Å². The summed E-state index contributed by atoms with van der Waals surface area (Å²) in [6, 6.07) is 8.24. The van der Waals surface area contributed by atoms with E-state index in [1.165, 1.54) is 5.56 Å². The molecule has 0 spiro atoms. The number of hydrogen-bond donors (Lipinski definition) is 1. The molecule has 1 saturated heterocycles. The van der Waals surface area contributed by atoms with Crippen LogP contribution in [-0.2, 0) is 29.0 Å². The number of anilines is 2. The van der Waals surface area contributed by atoms with Gasteiger partial charge in [0.2, 0.25) is 11.8 Å². The number of rotatable bonds is 4. The van der Waals surface area contributed by atoms with Crippen LogP contribution in [0, 0.1) is 0 Å². The Kier molecular flexibility index (Phi) is 6.01. The van der Waals surface area contributed by atoms with Gasteiger partial charge in [-0.2, -0.15) is 0 Å². The minimum atomic E-state index is 0.112. The summed E-state index contributed by atoms with van der Waals surface area (Å²) in [5, 5.41) is 3.25. The molecule has 5 rings (SSSR count). The Morgan fingerprint density at radius 1 is 1.12 bits per heavy atom. The van der Waals surface area contributed by atoms with Crippen LogP contribution in [0.15, 0.2) is 24.3 Å². The largest absolute Gasteiger partial charge is 0.373 e. The summed E-state index contributed by atoms with van der Waals surface area (Å²) in [5.41, 5.74) is 4.47. The molecule has 1 fully saturated rings. The number of nitrogens with one attached hydrogen (secondary N) is 1. The van der Waals surface area contributed by atoms with Crippen LogP contribution in [0.3, 0.4) is 0 Å². The third-order valence-corrected chi connectivity index (χ3v) is 7.16. The van der Waals surface area contributed by atoms with E-state index < -0.39 is 0 Å². The summed E-state index contributed by atoms with van der Waals surface area (Å²) in [5.74, 6) is 2.13. The molecular formula is C25H32N6O2. The van der Waals surface area contributed by atoms with Crippen LogP contribution in [-0.4, -0.2) is 71.4 Å². The number of aromatic nitrogens is 2. The Morgan fingerprint density at radius 2 is 1.97 bits per heavy atom. The number of hydrogen-bond acceptors (Lipinski definition) is 6. The molecule has 1 aromatic heterocycles. The van der Waals surface area contributed by atoms with Crippen molar-refractivity contribution in [1.29, 1.82) is 0 Å². The Labute approximate surface area is 195 Å². The molecule has 174 valence electrons. The highest BCUT2D eigenvalue weighted by Gasteiger charge is 2.31. The molecule has 3 aliphatic rings. The molecule has 8 heteroatoms. The number of benzene rings is 1. The second kappa shape index (κ2) is 9.09. The zero-order valence-corrected chi connectivity index (χ0v) is 19.5. The van der Waals surface area contributed by atoms with Gasteiger partial charge < -0.3 is 15.1 Å². The van der Waals surface area contributed by atoms with Gasteiger partial charge in [-0.25, -0.2) is 9.97 Å². The van der Waals surface area contributed by atoms with Gasteiger partial charge in [0.15, 0.2) is 0 Å². The van der Waals surface area contributed by atoms with Crippen molar-refractivity contribution in [2.24, 2.45) is 0 Å². The fraction of sp³-hybridized carbons (Fsp3) is 0.520. The first-order valence-electron chi connectivity index (χ1n) is 12.0. The fourth-order valence-electron chi connectivity index (χ4n) is 5.34. The molecule has 0 unspecified atom stereocenters. The number of amides is 2. The average molecular weight is 449 g/mol. The number of aryl methyl sites for hydroxylation is 1. The zero-order chi connectivity index (χ0) is 22.9. The number of para-hydroxylation sites is 1. The summed E-state index contributed by atoms with van der Waals surface area (Å²) in [7, 11) is 1.89. The summed E-state index contributed by atoms with van der Waals surface area (Å²) >= 11 is 0. The molecule has 0 bridgehead atoms. The van der Waals surface area contributed by atoms with E-state index in [2.05, 4.69) is 22.3 Å². The molecule has 2 aromatic rings. The molecule has 8 nitrogen and oxygen atoms in total. The lowest BCUT2D eigenvalue weighted by Crippen LogP contribution is -2.44. The van der Waals surface area contributed by atoms with Crippen LogP contribution in [0.5, 0.6) is 0 Å². The van der Waals surface area contributed by atoms with Crippen molar-refractivity contribution in [3.05, 3.63) is 46.9 Å². The quantitative estimate of drug-likeness (QED) is 0.772. The zero-order valence-electron chi connectivity index (χ0n) is 19.5. The predicted octanol–water partition coefficient (Wildman–Crippen LogP) is 2.19. The minimum Gasteiger partial charge on any atom is -0.373 e. The number of carbonyl (C=O) groups excluding carboxylic acids is 2. The van der Waals surface area contributed by atoms with E-state index in [9.17, 15) is 9.59 Å². The van der Waals surface area contributed by atoms with Crippen molar-refractivity contribution >= 4 is 23.3 Å². The topological polar surface area (TPSA) is 81.7 Å². The molecule has 3 aliphatic heterocycles. The van der Waals surface area contributed by atoms with Gasteiger partial charge >= 0.3 is 0 Å². The van der Waals surface area contributed by atoms with E-state index in [0.29, 0.717) is 19.6 Å². The number of fused-ring (bicyclic) bond motifs is 2. The molecule has 1 N–H and O–H groups in total. The highest BCUT2D eigenvalue weighted by molar-refractivity contribution is 5.96. The fourth-order valence-corrected chi connectivity index (χ4v) is 5.34. The summed E-state index contributed by atoms with van der Waals surface area (Å²) in [4.78, 5) is 40.7. The second-order valence-electron chi connectivity index (χ2n) is 9.29. The highest BCUT2D eigenvalue weighted by Crippen LogP contribution is 2.31. The first-order valence-corrected chi connectivity index (χ1v) is 12.0. The van der Waals surface area contributed by atoms with E-state index in [-0.39, 0.29) is 17.7 Å². The Hall–Kier alpha value is -3.00. The lowest BCUT2D eigenvalue weighted by molar-refractivity contribution is -0.127. The summed E-state index contributed by atoms with van der Waals surface area (Å²) in [6.45, 7) is 5.73. The SMILES string of the molecule is CNc1nc([C@H]2CCN(C(C)=O)C2)nc2c1CN(CC(=O)N1CCCc3ccccc31)CC2. The Morgan fingerprint density at radius 3 is 2.76 bits per heavy atom. The standard InChI is InChI=1S/C25H32N6O2/c1-17(32)30-13-9-19(14-30)24-27-21-10-12-29(15-20(21)25(26-2)28-24)16-23(33)31-11-5-7-18-6-3-4-8-22(18)31/h3-4,6,8,19H,5,7,9-16H2,1-2H3,(H,26,27,28)/t19-/m0/s1. The van der Waals surface area contributed by atoms with Crippen LogP contribution in [0.4, 0.5) is 11.5 Å². The van der Waals surface area contributed by atoms with Crippen LogP contribution < -0.4 is 10.2 Å². The van der Waals surface area contributed by atoms with Gasteiger partial charge in [0, 0.05) is 70.3 Å². The van der Waals surface area contributed by atoms with Crippen LogP contribution in [0.1, 0.15) is 48.3 Å². The molecular weight excluding hydrogens is 416 g/mol. The molecule has 1 aromatic carbocycles. The maximum absolute atomic E-state index is 13.2. The molecule has 4 heterocycles. The normalized spacial score (nSPS) is 20.4. The molecule has 0 saturated carbocycles. The molecule has 33 heavy (non-hydrogen) atoms. The number of nitrogens with zero attached hydrogens (tertiary/aromatic N) is 5. The van der Waals surface area contributed by atoms with Crippen LogP contribution in [0.2, 0.25) is 0 Å². The van der Waals surface area contributed by atoms with Crippen molar-refractivity contribution in [2.75, 3.05) is 50.0 Å². The Bertz CT molecular complexity index is 1050. The predicted molar refractivity (Wildman–Crippen MR) is 127 cm³/mol. The van der Waals surface area contributed by atoms with E-state index in [1.54, 1.807) is 6.92 Å². The van der Waals surface area contributed by atoms with Gasteiger partial charge in [0.25, 0.3) is 0 Å². The number of likely N-dealkylation sites (tertiary alicyclic amines) is 1. The first-order chi connectivity index (χ1) is 16.0. The Balaban J connectivity index is 1.30. The summed E-state index contributed by atoms with van der Waals surface area (Å²) < 4.78 is 0. The molecule has 0 radical (unpaired) electrons. The third kappa shape index (κ3) is 4.31. The van der Waals surface area contributed by atoms with Crippen LogP contribution in [0.25, 0.3) is 0 Å². The third-order valence-electron chi connectivity index (χ3n) is 7.16. The van der Waals surface area contributed by atoms with Crippen molar-refractivity contribution in [3.8, 4) is 0 Å². The lowest BCUT2D eigenvalue weighted by atomic mass is 10.0. The van der Waals surface area contributed by atoms with Gasteiger partial charge in [0.1, 0.15) is 11.6 Å². The average Bonchev–Trinajstić information content (AvgIpc) is 3.34. The summed E-state index contributed by atoms with van der Waals surface area (Å²) in [6.07, 6.45) is 3.74. The number of carbonyl (C=O) groups is 2. The van der Waals surface area contributed by atoms with Gasteiger partial charge in [-0.05, 0) is 30.9 Å². The van der Waals surface area contributed by atoms with E-state index in [0.717, 1.165) is 73.9 Å². The monoisotopic (exact) mass is 448 g/mol. The van der Waals surface area contributed by atoms with Crippen molar-refractivity contribution in [2.45, 2.75) is 45.1 Å². The van der Waals surface area contributed by atoms with Crippen molar-refractivity contribution in [1.82, 2.24) is 19.8 Å². The maximum atomic E-state index is 13.2. The molecule has 2 amide bonds. The van der Waals surface area contributed by atoms with E-state index in [1.807, 2.05) is 29.0 Å². The first kappa shape index (κ1) is 21.8. The van der Waals surface area contributed by atoms with Gasteiger partial charge in [-0.15, -0.1) is 0 Å². The highest BCUT2D eigenvalue weighted by atomic mass is 16.2. The van der Waals surface area contributed by atoms with Crippen molar-refractivity contribution < 1.29 is 9.59 Å². The van der Waals surface area contributed by atoms with E-state index in [4.69, 9.17) is 9.97 Å². The van der Waals surface area contributed by atoms with Gasteiger partial charge in [-0.3, -0.25) is 14.5 Å². The lowest BCUT2D eigenvalue weighted by Gasteiger charge is -2.33.